The van der Waals surface area contributed by atoms with E-state index in [-0.39, 0.29) is 17.2 Å². The van der Waals surface area contributed by atoms with Crippen molar-refractivity contribution in [3.05, 3.63) is 48.3 Å². The number of rotatable bonds is 7. The topological polar surface area (TPSA) is 82.5 Å². The monoisotopic (exact) mass is 375 g/mol. The van der Waals surface area contributed by atoms with Crippen molar-refractivity contribution >= 4 is 21.1 Å². The average molecular weight is 375 g/mol. The van der Waals surface area contributed by atoms with Crippen LogP contribution in [-0.4, -0.2) is 38.7 Å². The fourth-order valence-electron chi connectivity index (χ4n) is 2.84. The highest BCUT2D eigenvalue weighted by molar-refractivity contribution is 7.89. The summed E-state index contributed by atoms with van der Waals surface area (Å²) in [6.07, 6.45) is 0. The third-order valence-corrected chi connectivity index (χ3v) is 5.62. The smallest absolute Gasteiger partial charge is 0.244 e. The molecule has 0 saturated carbocycles. The van der Waals surface area contributed by atoms with E-state index in [1.54, 1.807) is 12.1 Å². The van der Waals surface area contributed by atoms with Crippen LogP contribution in [0.3, 0.4) is 0 Å². The van der Waals surface area contributed by atoms with Crippen LogP contribution in [0.15, 0.2) is 47.4 Å². The fraction of sp³-hybridized carbons (Fsp3) is 0.278. The molecule has 0 saturated heterocycles. The molecular weight excluding hydrogens is 354 g/mol. The van der Waals surface area contributed by atoms with Gasteiger partial charge in [0.05, 0.1) is 25.3 Å². The Balaban J connectivity index is 1.80. The lowest BCUT2D eigenvalue weighted by molar-refractivity contribution is 0.392. The Morgan fingerprint density at radius 1 is 1.12 bits per heavy atom. The highest BCUT2D eigenvalue weighted by Gasteiger charge is 2.20. The number of imidazole rings is 1. The van der Waals surface area contributed by atoms with Crippen LogP contribution in [0, 0.1) is 6.92 Å². The van der Waals surface area contributed by atoms with Crippen LogP contribution in [0.5, 0.6) is 11.5 Å². The summed E-state index contributed by atoms with van der Waals surface area (Å²) in [5, 5.41) is 0. The Morgan fingerprint density at radius 3 is 2.62 bits per heavy atom. The van der Waals surface area contributed by atoms with Crippen molar-refractivity contribution in [2.75, 3.05) is 20.8 Å². The molecule has 2 aromatic carbocycles. The predicted molar refractivity (Wildman–Crippen MR) is 99.2 cm³/mol. The van der Waals surface area contributed by atoms with Gasteiger partial charge in [0.25, 0.3) is 0 Å². The van der Waals surface area contributed by atoms with Crippen molar-refractivity contribution in [3.8, 4) is 11.5 Å². The molecule has 1 heterocycles. The van der Waals surface area contributed by atoms with E-state index in [1.165, 1.54) is 20.3 Å². The van der Waals surface area contributed by atoms with Gasteiger partial charge in [0.1, 0.15) is 22.2 Å². The Morgan fingerprint density at radius 2 is 1.88 bits per heavy atom. The highest BCUT2D eigenvalue weighted by Crippen LogP contribution is 2.28. The zero-order chi connectivity index (χ0) is 18.7. The van der Waals surface area contributed by atoms with E-state index in [4.69, 9.17) is 9.47 Å². The maximum atomic E-state index is 12.7. The second kappa shape index (κ2) is 7.35. The van der Waals surface area contributed by atoms with Crippen LogP contribution >= 0.6 is 0 Å². The summed E-state index contributed by atoms with van der Waals surface area (Å²) in [7, 11) is -0.827. The number of hydrogen-bond donors (Lipinski definition) is 1. The third-order valence-electron chi connectivity index (χ3n) is 4.13. The van der Waals surface area contributed by atoms with Gasteiger partial charge < -0.3 is 14.0 Å². The molecule has 0 spiro atoms. The first-order valence-electron chi connectivity index (χ1n) is 8.10. The highest BCUT2D eigenvalue weighted by atomic mass is 32.2. The lowest BCUT2D eigenvalue weighted by Crippen LogP contribution is -2.28. The summed E-state index contributed by atoms with van der Waals surface area (Å²) < 4.78 is 40.3. The number of nitrogens with zero attached hydrogens (tertiary/aromatic N) is 2. The minimum Gasteiger partial charge on any atom is -0.497 e. The second-order valence-electron chi connectivity index (χ2n) is 5.71. The molecule has 138 valence electrons. The number of para-hydroxylation sites is 2. The molecule has 8 heteroatoms. The van der Waals surface area contributed by atoms with Crippen molar-refractivity contribution in [2.24, 2.45) is 0 Å². The maximum absolute atomic E-state index is 12.7. The van der Waals surface area contributed by atoms with E-state index in [0.29, 0.717) is 12.3 Å². The van der Waals surface area contributed by atoms with Crippen molar-refractivity contribution in [1.29, 1.82) is 0 Å². The fourth-order valence-corrected chi connectivity index (χ4v) is 4.04. The first kappa shape index (κ1) is 18.2. The molecule has 0 atom stereocenters. The molecule has 0 aliphatic rings. The number of fused-ring (bicyclic) bond motifs is 1. The van der Waals surface area contributed by atoms with E-state index in [0.717, 1.165) is 16.9 Å². The van der Waals surface area contributed by atoms with Crippen LogP contribution in [0.4, 0.5) is 0 Å². The minimum atomic E-state index is -3.74. The van der Waals surface area contributed by atoms with Crippen molar-refractivity contribution in [1.82, 2.24) is 14.3 Å². The Hall–Kier alpha value is -2.58. The van der Waals surface area contributed by atoms with Gasteiger partial charge in [-0.05, 0) is 31.2 Å². The van der Waals surface area contributed by atoms with E-state index in [2.05, 4.69) is 9.71 Å². The third kappa shape index (κ3) is 3.51. The molecule has 0 bridgehead atoms. The molecule has 1 N–H and O–H groups in total. The summed E-state index contributed by atoms with van der Waals surface area (Å²) in [5.74, 6) is 1.55. The van der Waals surface area contributed by atoms with Crippen molar-refractivity contribution < 1.29 is 17.9 Å². The summed E-state index contributed by atoms with van der Waals surface area (Å²) in [4.78, 5) is 4.53. The lowest BCUT2D eigenvalue weighted by Gasteiger charge is -2.13. The van der Waals surface area contributed by atoms with Gasteiger partial charge in [0.15, 0.2) is 0 Å². The Bertz CT molecular complexity index is 1030. The van der Waals surface area contributed by atoms with E-state index in [1.807, 2.05) is 35.8 Å². The molecule has 0 fully saturated rings. The first-order valence-corrected chi connectivity index (χ1v) is 9.58. The van der Waals surface area contributed by atoms with Gasteiger partial charge in [-0.25, -0.2) is 18.1 Å². The van der Waals surface area contributed by atoms with E-state index in [9.17, 15) is 8.42 Å². The van der Waals surface area contributed by atoms with Gasteiger partial charge in [-0.1, -0.05) is 12.1 Å². The number of hydrogen-bond acceptors (Lipinski definition) is 5. The number of methoxy groups -OCH3 is 2. The maximum Gasteiger partial charge on any atom is 0.244 e. The number of nitrogens with one attached hydrogen (secondary N) is 1. The Kier molecular flexibility index (Phi) is 5.15. The first-order chi connectivity index (χ1) is 12.5. The molecule has 3 rings (SSSR count). The van der Waals surface area contributed by atoms with Gasteiger partial charge >= 0.3 is 0 Å². The lowest BCUT2D eigenvalue weighted by atomic mass is 10.3. The van der Waals surface area contributed by atoms with Gasteiger partial charge in [-0.15, -0.1) is 0 Å². The average Bonchev–Trinajstić information content (AvgIpc) is 2.96. The van der Waals surface area contributed by atoms with Crippen LogP contribution in [0.1, 0.15) is 5.82 Å². The molecule has 0 unspecified atom stereocenters. The molecule has 0 radical (unpaired) electrons. The standard InChI is InChI=1S/C18H21N3O4S/c1-13-20-15-6-4-5-7-16(15)21(13)11-10-19-26(22,23)18-12-14(24-2)8-9-17(18)25-3/h4-9,12,19H,10-11H2,1-3H3. The van der Waals surface area contributed by atoms with Crippen molar-refractivity contribution in [2.45, 2.75) is 18.4 Å². The molecule has 0 amide bonds. The van der Waals surface area contributed by atoms with Gasteiger partial charge in [-0.3, -0.25) is 0 Å². The largest absolute Gasteiger partial charge is 0.497 e. The number of benzene rings is 2. The van der Waals surface area contributed by atoms with Crippen LogP contribution in [0.2, 0.25) is 0 Å². The molecule has 3 aromatic rings. The van der Waals surface area contributed by atoms with Gasteiger partial charge in [0.2, 0.25) is 10.0 Å². The summed E-state index contributed by atoms with van der Waals surface area (Å²) in [6.45, 7) is 2.60. The molecule has 0 aliphatic carbocycles. The number of aromatic nitrogens is 2. The van der Waals surface area contributed by atoms with Crippen molar-refractivity contribution in [3.63, 3.8) is 0 Å². The summed E-state index contributed by atoms with van der Waals surface area (Å²) in [6, 6.07) is 12.4. The summed E-state index contributed by atoms with van der Waals surface area (Å²) >= 11 is 0. The molecule has 1 aromatic heterocycles. The van der Waals surface area contributed by atoms with Crippen LogP contribution in [0.25, 0.3) is 11.0 Å². The number of sulfonamides is 1. The quantitative estimate of drug-likeness (QED) is 0.685. The Labute approximate surface area is 152 Å². The van der Waals surface area contributed by atoms with Crippen LogP contribution < -0.4 is 14.2 Å². The minimum absolute atomic E-state index is 0.0477. The van der Waals surface area contributed by atoms with E-state index >= 15 is 0 Å². The molecule has 0 aliphatic heterocycles. The van der Waals surface area contributed by atoms with Gasteiger partial charge in [0, 0.05) is 19.2 Å². The summed E-state index contributed by atoms with van der Waals surface area (Å²) in [5.41, 5.74) is 1.87. The SMILES string of the molecule is COc1ccc(OC)c(S(=O)(=O)NCCn2c(C)nc3ccccc32)c1. The van der Waals surface area contributed by atoms with Gasteiger partial charge in [-0.2, -0.15) is 0 Å². The van der Waals surface area contributed by atoms with Crippen LogP contribution in [-0.2, 0) is 16.6 Å². The zero-order valence-corrected chi connectivity index (χ0v) is 15.7. The molecule has 26 heavy (non-hydrogen) atoms. The molecule has 7 nitrogen and oxygen atoms in total. The molecular formula is C18H21N3O4S. The zero-order valence-electron chi connectivity index (χ0n) is 14.9. The normalized spacial score (nSPS) is 11.7. The number of ether oxygens (including phenoxy) is 2. The second-order valence-corrected chi connectivity index (χ2v) is 7.45. The predicted octanol–water partition coefficient (Wildman–Crippen LogP) is 2.34. The number of aryl methyl sites for hydroxylation is 1. The van der Waals surface area contributed by atoms with E-state index < -0.39 is 10.0 Å².